The summed E-state index contributed by atoms with van der Waals surface area (Å²) in [4.78, 5) is -0.928. The molecule has 0 aliphatic rings. The van der Waals surface area contributed by atoms with Crippen molar-refractivity contribution in [2.24, 2.45) is 0 Å². The highest BCUT2D eigenvalue weighted by Crippen LogP contribution is 2.36. The molecular weight excluding hydrogens is 472 g/mol. The molecule has 11 heteroatoms. The van der Waals surface area contributed by atoms with Crippen molar-refractivity contribution in [3.63, 3.8) is 0 Å². The van der Waals surface area contributed by atoms with Crippen LogP contribution in [0.3, 0.4) is 0 Å². The van der Waals surface area contributed by atoms with Crippen molar-refractivity contribution in [2.45, 2.75) is 61.5 Å². The van der Waals surface area contributed by atoms with Crippen LogP contribution < -0.4 is 0 Å². The molecule has 33 heavy (non-hydrogen) atoms. The number of hydrogen-bond acceptors (Lipinski definition) is 7. The average Bonchev–Trinajstić information content (AvgIpc) is 2.65. The molecule has 2 unspecified atom stereocenters. The molecule has 2 atom stereocenters. The van der Waals surface area contributed by atoms with E-state index in [1.807, 2.05) is 0 Å². The molecule has 0 amide bonds. The highest BCUT2D eigenvalue weighted by molar-refractivity contribution is 7.86. The molecule has 4 N–H and O–H groups in total. The zero-order chi connectivity index (χ0) is 25.0. The van der Waals surface area contributed by atoms with E-state index in [1.54, 1.807) is 20.8 Å². The summed E-state index contributed by atoms with van der Waals surface area (Å²) in [5.41, 5.74) is -0.758. The second-order valence-corrected chi connectivity index (χ2v) is 11.0. The quantitative estimate of drug-likeness (QED) is 0.267. The molecule has 0 aliphatic carbocycles. The fraction of sp³-hybridized carbons (Fsp3) is 0.455. The Morgan fingerprint density at radius 1 is 0.909 bits per heavy atom. The number of rotatable bonds is 11. The van der Waals surface area contributed by atoms with Crippen LogP contribution in [0.1, 0.15) is 42.0 Å². The predicted molar refractivity (Wildman–Crippen MR) is 121 cm³/mol. The number of benzene rings is 2. The van der Waals surface area contributed by atoms with Gasteiger partial charge in [-0.05, 0) is 44.9 Å². The number of hydrogen-bond donors (Lipinski definition) is 4. The Hall–Kier alpha value is -1.86. The molecule has 2 aromatic rings. The summed E-state index contributed by atoms with van der Waals surface area (Å²) in [7, 11) is -9.35. The third kappa shape index (κ3) is 7.57. The SMILES string of the molecule is Cc1ccc(S(=O)(=O)O)c(CC(O)(CCOCCC(C)O)c2cc(C)ccc2S(=O)(=O)O)c1. The zero-order valence-corrected chi connectivity index (χ0v) is 20.4. The van der Waals surface area contributed by atoms with Gasteiger partial charge in [-0.1, -0.05) is 35.4 Å². The summed E-state index contributed by atoms with van der Waals surface area (Å²) in [6, 6.07) is 8.20. The summed E-state index contributed by atoms with van der Waals surface area (Å²) < 4.78 is 72.8. The lowest BCUT2D eigenvalue weighted by Gasteiger charge is -2.31. The van der Waals surface area contributed by atoms with E-state index in [0.29, 0.717) is 17.5 Å². The molecule has 9 nitrogen and oxygen atoms in total. The van der Waals surface area contributed by atoms with Gasteiger partial charge in [-0.3, -0.25) is 9.11 Å². The van der Waals surface area contributed by atoms with Gasteiger partial charge in [-0.15, -0.1) is 0 Å². The largest absolute Gasteiger partial charge is 0.393 e. The van der Waals surface area contributed by atoms with Crippen molar-refractivity contribution in [1.82, 2.24) is 0 Å². The minimum atomic E-state index is -4.72. The number of aliphatic hydroxyl groups is 2. The second-order valence-electron chi connectivity index (χ2n) is 8.27. The van der Waals surface area contributed by atoms with Crippen LogP contribution >= 0.6 is 0 Å². The Labute approximate surface area is 194 Å². The van der Waals surface area contributed by atoms with Crippen molar-refractivity contribution < 1.29 is 40.9 Å². The van der Waals surface area contributed by atoms with Crippen molar-refractivity contribution in [3.05, 3.63) is 58.7 Å². The van der Waals surface area contributed by atoms with E-state index in [9.17, 15) is 36.2 Å². The Balaban J connectivity index is 2.59. The Kier molecular flexibility index (Phi) is 8.80. The highest BCUT2D eigenvalue weighted by atomic mass is 32.2. The molecule has 0 radical (unpaired) electrons. The predicted octanol–water partition coefficient (Wildman–Crippen LogP) is 2.40. The maximum Gasteiger partial charge on any atom is 0.294 e. The zero-order valence-electron chi connectivity index (χ0n) is 18.7. The number of ether oxygens (including phenoxy) is 1. The number of aryl methyl sites for hydroxylation is 2. The molecule has 2 rings (SSSR count). The second kappa shape index (κ2) is 10.6. The fourth-order valence-corrected chi connectivity index (χ4v) is 5.03. The molecule has 2 aromatic carbocycles. The van der Waals surface area contributed by atoms with Gasteiger partial charge in [0.25, 0.3) is 20.2 Å². The molecule has 184 valence electrons. The lowest BCUT2D eigenvalue weighted by molar-refractivity contribution is -0.0106. The Morgan fingerprint density at radius 3 is 2.00 bits per heavy atom. The minimum Gasteiger partial charge on any atom is -0.393 e. The van der Waals surface area contributed by atoms with Gasteiger partial charge in [-0.2, -0.15) is 16.8 Å². The molecule has 0 spiro atoms. The van der Waals surface area contributed by atoms with E-state index >= 15 is 0 Å². The van der Waals surface area contributed by atoms with E-state index in [1.165, 1.54) is 36.4 Å². The lowest BCUT2D eigenvalue weighted by Crippen LogP contribution is -2.33. The summed E-state index contributed by atoms with van der Waals surface area (Å²) >= 11 is 0. The maximum atomic E-state index is 12.0. The van der Waals surface area contributed by atoms with Crippen LogP contribution in [0.5, 0.6) is 0 Å². The van der Waals surface area contributed by atoms with E-state index in [-0.39, 0.29) is 37.2 Å². The molecule has 0 saturated carbocycles. The third-order valence-corrected chi connectivity index (χ3v) is 7.10. The molecular formula is C22H30O9S2. The summed E-state index contributed by atoms with van der Waals surface area (Å²) in [6.07, 6.45) is -0.770. The van der Waals surface area contributed by atoms with Crippen LogP contribution in [0.15, 0.2) is 46.2 Å². The van der Waals surface area contributed by atoms with Gasteiger partial charge in [0.2, 0.25) is 0 Å². The van der Waals surface area contributed by atoms with Crippen molar-refractivity contribution in [3.8, 4) is 0 Å². The van der Waals surface area contributed by atoms with E-state index in [0.717, 1.165) is 0 Å². The van der Waals surface area contributed by atoms with Gasteiger partial charge in [0.15, 0.2) is 0 Å². The summed E-state index contributed by atoms with van der Waals surface area (Å²) in [6.45, 7) is 5.11. The van der Waals surface area contributed by atoms with Crippen molar-refractivity contribution in [1.29, 1.82) is 0 Å². The summed E-state index contributed by atoms with van der Waals surface area (Å²) in [5.74, 6) is 0. The van der Waals surface area contributed by atoms with Crippen molar-refractivity contribution >= 4 is 20.2 Å². The Morgan fingerprint density at radius 2 is 1.45 bits per heavy atom. The van der Waals surface area contributed by atoms with Gasteiger partial charge >= 0.3 is 0 Å². The van der Waals surface area contributed by atoms with Gasteiger partial charge in [0.1, 0.15) is 0 Å². The molecule has 0 bridgehead atoms. The molecule has 0 fully saturated rings. The summed E-state index contributed by atoms with van der Waals surface area (Å²) in [5, 5.41) is 21.1. The maximum absolute atomic E-state index is 12.0. The Bertz CT molecular complexity index is 1190. The van der Waals surface area contributed by atoms with Gasteiger partial charge in [0, 0.05) is 31.6 Å². The van der Waals surface area contributed by atoms with Crippen LogP contribution in [0.25, 0.3) is 0 Å². The number of aliphatic hydroxyl groups excluding tert-OH is 1. The van der Waals surface area contributed by atoms with Crippen molar-refractivity contribution in [2.75, 3.05) is 13.2 Å². The first-order valence-corrected chi connectivity index (χ1v) is 13.2. The standard InChI is InChI=1S/C22H30O9S2/c1-15-4-6-20(32(25,26)27)18(12-15)14-22(24,9-11-31-10-8-17(3)23)19-13-16(2)5-7-21(19)33(28,29)30/h4-7,12-13,17,23-24H,8-11,14H2,1-3H3,(H,25,26,27)(H,28,29,30). The topological polar surface area (TPSA) is 158 Å². The lowest BCUT2D eigenvalue weighted by atomic mass is 9.83. The normalized spacial score (nSPS) is 15.2. The first kappa shape index (κ1) is 27.4. The fourth-order valence-electron chi connectivity index (χ4n) is 3.56. The van der Waals surface area contributed by atoms with Crippen LogP contribution in [-0.2, 0) is 37.0 Å². The minimum absolute atomic E-state index is 0.0465. The van der Waals surface area contributed by atoms with Crippen LogP contribution in [0, 0.1) is 13.8 Å². The van der Waals surface area contributed by atoms with Crippen LogP contribution in [0.4, 0.5) is 0 Å². The highest BCUT2D eigenvalue weighted by Gasteiger charge is 2.36. The molecule has 0 saturated heterocycles. The average molecular weight is 503 g/mol. The smallest absolute Gasteiger partial charge is 0.294 e. The third-order valence-electron chi connectivity index (χ3n) is 5.23. The monoisotopic (exact) mass is 502 g/mol. The van der Waals surface area contributed by atoms with Crippen LogP contribution in [0.2, 0.25) is 0 Å². The van der Waals surface area contributed by atoms with E-state index in [2.05, 4.69) is 0 Å². The van der Waals surface area contributed by atoms with E-state index < -0.39 is 41.7 Å². The molecule has 0 heterocycles. The molecule has 0 aliphatic heterocycles. The van der Waals surface area contributed by atoms with Crippen LogP contribution in [-0.4, -0.2) is 55.5 Å². The van der Waals surface area contributed by atoms with Gasteiger partial charge in [-0.25, -0.2) is 0 Å². The first-order valence-electron chi connectivity index (χ1n) is 10.3. The molecule has 0 aromatic heterocycles. The van der Waals surface area contributed by atoms with Gasteiger partial charge < -0.3 is 14.9 Å². The first-order chi connectivity index (χ1) is 15.1. The van der Waals surface area contributed by atoms with E-state index in [4.69, 9.17) is 4.74 Å². The van der Waals surface area contributed by atoms with Gasteiger partial charge in [0.05, 0.1) is 21.5 Å².